The molecule has 6 heteroatoms. The van der Waals surface area contributed by atoms with E-state index >= 15 is 0 Å². The van der Waals surface area contributed by atoms with Gasteiger partial charge in [0.1, 0.15) is 11.6 Å². The van der Waals surface area contributed by atoms with Crippen LogP contribution in [0.1, 0.15) is 0 Å². The van der Waals surface area contributed by atoms with Crippen LogP contribution in [0.15, 0.2) is 78.9 Å². The zero-order chi connectivity index (χ0) is 19.3. The highest BCUT2D eigenvalue weighted by Gasteiger charge is 2.10. The largest absolute Gasteiger partial charge is 0.497 e. The molecule has 0 bridgehead atoms. The smallest absolute Gasteiger partial charge is 0.176 e. The highest BCUT2D eigenvalue weighted by Crippen LogP contribution is 2.25. The molecule has 4 rings (SSSR count). The van der Waals surface area contributed by atoms with Gasteiger partial charge in [-0.1, -0.05) is 42.5 Å². The van der Waals surface area contributed by atoms with Gasteiger partial charge in [-0.25, -0.2) is 9.97 Å². The minimum Gasteiger partial charge on any atom is -0.497 e. The molecule has 0 saturated heterocycles. The van der Waals surface area contributed by atoms with Crippen molar-refractivity contribution in [2.75, 3.05) is 17.7 Å². The van der Waals surface area contributed by atoms with E-state index < -0.39 is 0 Å². The lowest BCUT2D eigenvalue weighted by Gasteiger charge is -2.13. The number of ether oxygens (including phenoxy) is 1. The molecule has 0 aliphatic rings. The van der Waals surface area contributed by atoms with Crippen molar-refractivity contribution in [3.63, 3.8) is 0 Å². The molecule has 3 aromatic carbocycles. The molecule has 0 unspecified atom stereocenters. The summed E-state index contributed by atoms with van der Waals surface area (Å²) < 4.78 is 5.18. The topological polar surface area (TPSA) is 59.1 Å². The number of hydrogen-bond acceptors (Lipinski definition) is 4. The Hall–Kier alpha value is -3.51. The number of rotatable bonds is 4. The molecule has 0 fully saturated rings. The standard InChI is InChI=1S/C22H18N4OS/c1-27-17-13-11-16(12-14-17)23-22(28)26-21-18-9-5-6-10-19(18)24-20(25-21)15-7-3-2-4-8-15/h2-14H,1H3,(H2,23,24,25,26,28). The summed E-state index contributed by atoms with van der Waals surface area (Å²) in [4.78, 5) is 9.40. The molecule has 138 valence electrons. The van der Waals surface area contributed by atoms with Gasteiger partial charge in [0.25, 0.3) is 0 Å². The maximum absolute atomic E-state index is 5.49. The van der Waals surface area contributed by atoms with Crippen LogP contribution in [0.2, 0.25) is 0 Å². The molecule has 0 spiro atoms. The van der Waals surface area contributed by atoms with Crippen LogP contribution in [-0.4, -0.2) is 22.2 Å². The zero-order valence-electron chi connectivity index (χ0n) is 15.2. The van der Waals surface area contributed by atoms with Crippen molar-refractivity contribution in [3.8, 4) is 17.1 Å². The van der Waals surface area contributed by atoms with Crippen molar-refractivity contribution in [1.29, 1.82) is 0 Å². The Labute approximate surface area is 168 Å². The van der Waals surface area contributed by atoms with Crippen LogP contribution in [0.5, 0.6) is 5.75 Å². The van der Waals surface area contributed by atoms with Crippen LogP contribution in [0.25, 0.3) is 22.3 Å². The summed E-state index contributed by atoms with van der Waals surface area (Å²) in [6.45, 7) is 0. The average molecular weight is 386 g/mol. The fraction of sp³-hybridized carbons (Fsp3) is 0.0455. The molecule has 5 nitrogen and oxygen atoms in total. The quantitative estimate of drug-likeness (QED) is 0.475. The fourth-order valence-electron chi connectivity index (χ4n) is 2.83. The first-order valence-corrected chi connectivity index (χ1v) is 9.18. The number of hydrogen-bond donors (Lipinski definition) is 2. The molecular formula is C22H18N4OS. The van der Waals surface area contributed by atoms with Gasteiger partial charge in [-0.2, -0.15) is 0 Å². The van der Waals surface area contributed by atoms with E-state index in [1.165, 1.54) is 0 Å². The van der Waals surface area contributed by atoms with E-state index in [4.69, 9.17) is 21.9 Å². The number of benzene rings is 3. The maximum atomic E-state index is 5.49. The SMILES string of the molecule is COc1ccc(NC(=S)Nc2nc(-c3ccccc3)nc3ccccc23)cc1. The number of nitrogens with one attached hydrogen (secondary N) is 2. The number of fused-ring (bicyclic) bond motifs is 1. The predicted octanol–water partition coefficient (Wildman–Crippen LogP) is 5.11. The van der Waals surface area contributed by atoms with Crippen molar-refractivity contribution in [3.05, 3.63) is 78.9 Å². The number of aromatic nitrogens is 2. The second-order valence-electron chi connectivity index (χ2n) is 6.09. The van der Waals surface area contributed by atoms with Gasteiger partial charge in [-0.05, 0) is 48.6 Å². The lowest BCUT2D eigenvalue weighted by molar-refractivity contribution is 0.415. The summed E-state index contributed by atoms with van der Waals surface area (Å²) in [5, 5.41) is 7.74. The number of methoxy groups -OCH3 is 1. The molecule has 2 N–H and O–H groups in total. The first-order chi connectivity index (χ1) is 13.7. The van der Waals surface area contributed by atoms with Gasteiger partial charge in [-0.15, -0.1) is 0 Å². The minimum absolute atomic E-state index is 0.452. The average Bonchev–Trinajstić information content (AvgIpc) is 2.75. The van der Waals surface area contributed by atoms with Crippen molar-refractivity contribution in [2.45, 2.75) is 0 Å². The summed E-state index contributed by atoms with van der Waals surface area (Å²) >= 11 is 5.49. The third-order valence-corrected chi connectivity index (χ3v) is 4.42. The van der Waals surface area contributed by atoms with E-state index in [9.17, 15) is 0 Å². The normalized spacial score (nSPS) is 10.5. The second kappa shape index (κ2) is 8.02. The molecule has 28 heavy (non-hydrogen) atoms. The maximum Gasteiger partial charge on any atom is 0.176 e. The number of nitrogens with zero attached hydrogens (tertiary/aromatic N) is 2. The Morgan fingerprint density at radius 1 is 0.821 bits per heavy atom. The lowest BCUT2D eigenvalue weighted by atomic mass is 10.2. The molecule has 0 saturated carbocycles. The third-order valence-electron chi connectivity index (χ3n) is 4.22. The van der Waals surface area contributed by atoms with Crippen molar-refractivity contribution >= 4 is 39.7 Å². The Bertz CT molecular complexity index is 1110. The second-order valence-corrected chi connectivity index (χ2v) is 6.49. The van der Waals surface area contributed by atoms with Crippen LogP contribution in [0.3, 0.4) is 0 Å². The van der Waals surface area contributed by atoms with Gasteiger partial charge in [0.2, 0.25) is 0 Å². The van der Waals surface area contributed by atoms with E-state index in [0.29, 0.717) is 16.8 Å². The Morgan fingerprint density at radius 3 is 2.29 bits per heavy atom. The number of para-hydroxylation sites is 1. The summed E-state index contributed by atoms with van der Waals surface area (Å²) in [5.41, 5.74) is 2.66. The number of anilines is 2. The van der Waals surface area contributed by atoms with Gasteiger partial charge in [0.15, 0.2) is 10.9 Å². The first kappa shape index (κ1) is 17.9. The Kier molecular flexibility index (Phi) is 5.12. The van der Waals surface area contributed by atoms with E-state index in [1.807, 2.05) is 78.9 Å². The molecule has 0 amide bonds. The minimum atomic E-state index is 0.452. The lowest BCUT2D eigenvalue weighted by Crippen LogP contribution is -2.20. The van der Waals surface area contributed by atoms with E-state index in [-0.39, 0.29) is 0 Å². The van der Waals surface area contributed by atoms with Gasteiger partial charge in [-0.3, -0.25) is 0 Å². The van der Waals surface area contributed by atoms with Gasteiger partial charge in [0, 0.05) is 16.6 Å². The summed E-state index contributed by atoms with van der Waals surface area (Å²) in [6.07, 6.45) is 0. The van der Waals surface area contributed by atoms with Crippen molar-refractivity contribution in [1.82, 2.24) is 9.97 Å². The first-order valence-electron chi connectivity index (χ1n) is 8.77. The van der Waals surface area contributed by atoms with Crippen LogP contribution in [0.4, 0.5) is 11.5 Å². The fourth-order valence-corrected chi connectivity index (χ4v) is 3.05. The summed E-state index contributed by atoms with van der Waals surface area (Å²) in [7, 11) is 1.64. The van der Waals surface area contributed by atoms with E-state index in [1.54, 1.807) is 7.11 Å². The van der Waals surface area contributed by atoms with Crippen LogP contribution >= 0.6 is 12.2 Å². The highest BCUT2D eigenvalue weighted by atomic mass is 32.1. The van der Waals surface area contributed by atoms with E-state index in [2.05, 4.69) is 15.6 Å². The molecule has 1 heterocycles. The van der Waals surface area contributed by atoms with Crippen LogP contribution in [0, 0.1) is 0 Å². The summed E-state index contributed by atoms with van der Waals surface area (Å²) in [6, 6.07) is 25.3. The molecule has 4 aromatic rings. The highest BCUT2D eigenvalue weighted by molar-refractivity contribution is 7.80. The Balaban J connectivity index is 1.64. The Morgan fingerprint density at radius 2 is 1.54 bits per heavy atom. The van der Waals surface area contributed by atoms with Gasteiger partial charge < -0.3 is 15.4 Å². The molecule has 1 aromatic heterocycles. The molecule has 0 aliphatic heterocycles. The summed E-state index contributed by atoms with van der Waals surface area (Å²) in [5.74, 6) is 2.10. The van der Waals surface area contributed by atoms with Crippen molar-refractivity contribution < 1.29 is 4.74 Å². The monoisotopic (exact) mass is 386 g/mol. The molecule has 0 radical (unpaired) electrons. The molecular weight excluding hydrogens is 368 g/mol. The zero-order valence-corrected chi connectivity index (χ0v) is 16.0. The van der Waals surface area contributed by atoms with Gasteiger partial charge in [0.05, 0.1) is 12.6 Å². The van der Waals surface area contributed by atoms with Crippen LogP contribution < -0.4 is 15.4 Å². The third kappa shape index (κ3) is 3.92. The number of thiocarbonyl (C=S) groups is 1. The molecule has 0 atom stereocenters. The molecule has 0 aliphatic carbocycles. The predicted molar refractivity (Wildman–Crippen MR) is 118 cm³/mol. The van der Waals surface area contributed by atoms with Crippen LogP contribution in [-0.2, 0) is 0 Å². The van der Waals surface area contributed by atoms with E-state index in [0.717, 1.165) is 27.9 Å². The van der Waals surface area contributed by atoms with Crippen molar-refractivity contribution in [2.24, 2.45) is 0 Å². The van der Waals surface area contributed by atoms with Gasteiger partial charge >= 0.3 is 0 Å².